The molecule has 0 spiro atoms. The van der Waals surface area contributed by atoms with E-state index in [1.54, 1.807) is 23.7 Å². The van der Waals surface area contributed by atoms with Gasteiger partial charge in [-0.15, -0.1) is 0 Å². The number of ether oxygens (including phenoxy) is 1. The van der Waals surface area contributed by atoms with Gasteiger partial charge in [0.1, 0.15) is 0 Å². The van der Waals surface area contributed by atoms with E-state index in [-0.39, 0.29) is 23.7 Å². The molecule has 4 rings (SSSR count). The maximum Gasteiger partial charge on any atom is 0.359 e. The minimum absolute atomic E-state index is 0.0766. The van der Waals surface area contributed by atoms with E-state index in [9.17, 15) is 13.2 Å². The second-order valence-corrected chi connectivity index (χ2v) is 9.77. The Balaban J connectivity index is 1.73. The van der Waals surface area contributed by atoms with E-state index in [0.29, 0.717) is 18.5 Å². The fourth-order valence-corrected chi connectivity index (χ4v) is 5.32. The van der Waals surface area contributed by atoms with E-state index in [0.717, 1.165) is 28.9 Å². The highest BCUT2D eigenvalue weighted by Crippen LogP contribution is 2.29. The van der Waals surface area contributed by atoms with Crippen LogP contribution in [0.25, 0.3) is 5.69 Å². The van der Waals surface area contributed by atoms with Gasteiger partial charge >= 0.3 is 5.97 Å². The zero-order valence-electron chi connectivity index (χ0n) is 18.5. The smallest absolute Gasteiger partial charge is 0.359 e. The number of aromatic nitrogens is 2. The number of carbonyl (C=O) groups is 1. The summed E-state index contributed by atoms with van der Waals surface area (Å²) in [5.41, 5.74) is 4.63. The molecular formula is C24H27N3O4S. The van der Waals surface area contributed by atoms with Gasteiger partial charge in [0.15, 0.2) is 5.69 Å². The number of rotatable bonds is 6. The molecule has 0 N–H and O–H groups in total. The largest absolute Gasteiger partial charge is 0.461 e. The molecule has 0 amide bonds. The van der Waals surface area contributed by atoms with Crippen LogP contribution in [0, 0.1) is 6.92 Å². The number of hydrogen-bond acceptors (Lipinski definition) is 5. The van der Waals surface area contributed by atoms with Crippen LogP contribution in [0.4, 0.5) is 0 Å². The molecule has 0 radical (unpaired) electrons. The summed E-state index contributed by atoms with van der Waals surface area (Å²) in [7, 11) is -3.70. The number of benzene rings is 2. The van der Waals surface area contributed by atoms with E-state index in [1.807, 2.05) is 50.2 Å². The number of sulfonamides is 1. The summed E-state index contributed by atoms with van der Waals surface area (Å²) in [6.45, 7) is 6.37. The molecule has 0 bridgehead atoms. The van der Waals surface area contributed by atoms with Gasteiger partial charge in [-0.3, -0.25) is 0 Å². The Labute approximate surface area is 188 Å². The molecular weight excluding hydrogens is 426 g/mol. The molecule has 7 nitrogen and oxygen atoms in total. The highest BCUT2D eigenvalue weighted by molar-refractivity contribution is 7.89. The average molecular weight is 454 g/mol. The molecule has 0 unspecified atom stereocenters. The van der Waals surface area contributed by atoms with Crippen LogP contribution in [0.3, 0.4) is 0 Å². The fraction of sp³-hybridized carbons (Fsp3) is 0.333. The summed E-state index contributed by atoms with van der Waals surface area (Å²) in [6.07, 6.45) is 1.29. The monoisotopic (exact) mass is 453 g/mol. The second kappa shape index (κ2) is 8.88. The van der Waals surface area contributed by atoms with Crippen LogP contribution in [0.2, 0.25) is 0 Å². The lowest BCUT2D eigenvalue weighted by Gasteiger charge is -2.27. The number of hydrogen-bond donors (Lipinski definition) is 0. The van der Waals surface area contributed by atoms with Gasteiger partial charge in [0.05, 0.1) is 22.9 Å². The molecule has 2 heterocycles. The highest BCUT2D eigenvalue weighted by atomic mass is 32.2. The molecule has 0 saturated heterocycles. The first-order chi connectivity index (χ1) is 15.3. The molecule has 32 heavy (non-hydrogen) atoms. The van der Waals surface area contributed by atoms with Gasteiger partial charge in [-0.05, 0) is 50.1 Å². The molecule has 0 aliphatic carbocycles. The first kappa shape index (κ1) is 22.2. The molecule has 1 aliphatic heterocycles. The third-order valence-electron chi connectivity index (χ3n) is 5.74. The van der Waals surface area contributed by atoms with Crippen molar-refractivity contribution in [3.05, 3.63) is 76.6 Å². The van der Waals surface area contributed by atoms with Crippen LogP contribution in [-0.4, -0.2) is 41.6 Å². The van der Waals surface area contributed by atoms with Crippen molar-refractivity contribution in [1.29, 1.82) is 0 Å². The summed E-state index contributed by atoms with van der Waals surface area (Å²) < 4.78 is 35.0. The Kier molecular flexibility index (Phi) is 6.17. The minimum Gasteiger partial charge on any atom is -0.461 e. The Bertz CT molecular complexity index is 1230. The Morgan fingerprint density at radius 1 is 1.06 bits per heavy atom. The van der Waals surface area contributed by atoms with Gasteiger partial charge in [-0.2, -0.15) is 9.40 Å². The number of carbonyl (C=O) groups excluding carboxylic acids is 1. The van der Waals surface area contributed by atoms with Crippen molar-refractivity contribution < 1.29 is 17.9 Å². The standard InChI is InChI=1S/C24H27N3O4S/c1-4-18-8-12-20(13-9-18)32(29,30)26-15-14-22-21(16-26)23(24(28)31-5-2)25-27(22)19-10-6-17(3)7-11-19/h6-13H,4-5,14-16H2,1-3H3. The van der Waals surface area contributed by atoms with Crippen LogP contribution < -0.4 is 0 Å². The number of nitrogens with zero attached hydrogens (tertiary/aromatic N) is 3. The quantitative estimate of drug-likeness (QED) is 0.532. The van der Waals surface area contributed by atoms with Gasteiger partial charge in [-0.1, -0.05) is 36.8 Å². The van der Waals surface area contributed by atoms with E-state index in [2.05, 4.69) is 5.10 Å². The molecule has 8 heteroatoms. The van der Waals surface area contributed by atoms with Gasteiger partial charge in [0.2, 0.25) is 10.0 Å². The Morgan fingerprint density at radius 2 is 1.75 bits per heavy atom. The van der Waals surface area contributed by atoms with Crippen molar-refractivity contribution in [1.82, 2.24) is 14.1 Å². The number of esters is 1. The van der Waals surface area contributed by atoms with E-state index in [4.69, 9.17) is 4.74 Å². The van der Waals surface area contributed by atoms with Gasteiger partial charge in [0.25, 0.3) is 0 Å². The van der Waals surface area contributed by atoms with Crippen LogP contribution in [0.1, 0.15) is 46.7 Å². The number of aryl methyl sites for hydroxylation is 2. The van der Waals surface area contributed by atoms with Crippen molar-refractivity contribution in [2.24, 2.45) is 0 Å². The predicted molar refractivity (Wildman–Crippen MR) is 121 cm³/mol. The molecule has 3 aromatic rings. The van der Waals surface area contributed by atoms with Gasteiger partial charge < -0.3 is 4.74 Å². The maximum absolute atomic E-state index is 13.3. The van der Waals surface area contributed by atoms with Crippen LogP contribution >= 0.6 is 0 Å². The third kappa shape index (κ3) is 4.08. The normalized spacial score (nSPS) is 14.2. The molecule has 1 aliphatic rings. The summed E-state index contributed by atoms with van der Waals surface area (Å²) in [5.74, 6) is -0.541. The third-order valence-corrected chi connectivity index (χ3v) is 7.60. The van der Waals surface area contributed by atoms with Crippen molar-refractivity contribution in [2.45, 2.75) is 45.1 Å². The van der Waals surface area contributed by atoms with Gasteiger partial charge in [0, 0.05) is 25.1 Å². The summed E-state index contributed by atoms with van der Waals surface area (Å²) in [4.78, 5) is 12.9. The lowest BCUT2D eigenvalue weighted by Crippen LogP contribution is -2.36. The molecule has 168 valence electrons. The van der Waals surface area contributed by atoms with Crippen LogP contribution in [0.5, 0.6) is 0 Å². The van der Waals surface area contributed by atoms with E-state index in [1.165, 1.54) is 4.31 Å². The summed E-state index contributed by atoms with van der Waals surface area (Å²) in [6, 6.07) is 14.8. The highest BCUT2D eigenvalue weighted by Gasteiger charge is 2.34. The lowest BCUT2D eigenvalue weighted by molar-refractivity contribution is 0.0517. The molecule has 0 saturated carbocycles. The van der Waals surface area contributed by atoms with E-state index >= 15 is 0 Å². The fourth-order valence-electron chi connectivity index (χ4n) is 3.91. The van der Waals surface area contributed by atoms with Crippen molar-refractivity contribution in [3.63, 3.8) is 0 Å². The Hall–Kier alpha value is -2.97. The minimum atomic E-state index is -3.70. The van der Waals surface area contributed by atoms with Crippen LogP contribution in [0.15, 0.2) is 53.4 Å². The molecule has 2 aromatic carbocycles. The zero-order chi connectivity index (χ0) is 22.9. The van der Waals surface area contributed by atoms with Crippen molar-refractivity contribution in [3.8, 4) is 5.69 Å². The predicted octanol–water partition coefficient (Wildman–Crippen LogP) is 3.67. The van der Waals surface area contributed by atoms with E-state index < -0.39 is 16.0 Å². The molecule has 1 aromatic heterocycles. The lowest BCUT2D eigenvalue weighted by atomic mass is 10.1. The zero-order valence-corrected chi connectivity index (χ0v) is 19.4. The average Bonchev–Trinajstić information content (AvgIpc) is 3.19. The SMILES string of the molecule is CCOC(=O)c1nn(-c2ccc(C)cc2)c2c1CN(S(=O)(=O)c1ccc(CC)cc1)CC2. The topological polar surface area (TPSA) is 81.5 Å². The molecule has 0 atom stereocenters. The van der Waals surface area contributed by atoms with Gasteiger partial charge in [-0.25, -0.2) is 17.9 Å². The molecule has 0 fully saturated rings. The van der Waals surface area contributed by atoms with Crippen molar-refractivity contribution in [2.75, 3.05) is 13.2 Å². The maximum atomic E-state index is 13.3. The first-order valence-electron chi connectivity index (χ1n) is 10.8. The summed E-state index contributed by atoms with van der Waals surface area (Å²) in [5, 5.41) is 4.54. The Morgan fingerprint density at radius 3 is 2.38 bits per heavy atom. The van der Waals surface area contributed by atoms with Crippen molar-refractivity contribution >= 4 is 16.0 Å². The first-order valence-corrected chi connectivity index (χ1v) is 12.2. The number of fused-ring (bicyclic) bond motifs is 1. The summed E-state index contributed by atoms with van der Waals surface area (Å²) >= 11 is 0. The second-order valence-electron chi connectivity index (χ2n) is 7.83. The van der Waals surface area contributed by atoms with Crippen LogP contribution in [-0.2, 0) is 34.1 Å².